The van der Waals surface area contributed by atoms with E-state index >= 15 is 0 Å². The van der Waals surface area contributed by atoms with Gasteiger partial charge in [0.2, 0.25) is 0 Å². The van der Waals surface area contributed by atoms with Crippen LogP contribution < -0.4 is 5.32 Å². The first-order chi connectivity index (χ1) is 9.35. The molecule has 0 heterocycles. The number of hydrogen-bond donors (Lipinski definition) is 1. The Morgan fingerprint density at radius 1 is 1.11 bits per heavy atom. The van der Waals surface area contributed by atoms with E-state index in [9.17, 15) is 0 Å². The van der Waals surface area contributed by atoms with Crippen LogP contribution in [0.1, 0.15) is 43.7 Å². The summed E-state index contributed by atoms with van der Waals surface area (Å²) in [5.41, 5.74) is 3.00. The maximum Gasteiger partial charge on any atom is 0.0236 e. The quantitative estimate of drug-likeness (QED) is 0.770. The summed E-state index contributed by atoms with van der Waals surface area (Å²) in [5.74, 6) is 0.983. The van der Waals surface area contributed by atoms with Crippen LogP contribution in [-0.2, 0) is 13.1 Å². The second kappa shape index (κ2) is 6.06. The molecule has 0 aromatic heterocycles. The maximum absolute atomic E-state index is 3.64. The fourth-order valence-corrected chi connectivity index (χ4v) is 2.64. The van der Waals surface area contributed by atoms with E-state index in [1.54, 1.807) is 0 Å². The van der Waals surface area contributed by atoms with Crippen molar-refractivity contribution < 1.29 is 0 Å². The van der Waals surface area contributed by atoms with Crippen molar-refractivity contribution in [3.63, 3.8) is 0 Å². The van der Waals surface area contributed by atoms with E-state index in [-0.39, 0.29) is 0 Å². The molecule has 0 spiro atoms. The zero-order valence-corrected chi connectivity index (χ0v) is 12.1. The lowest BCUT2D eigenvalue weighted by Gasteiger charge is -2.22. The van der Waals surface area contributed by atoms with Crippen LogP contribution in [0, 0.1) is 5.92 Å². The Balaban J connectivity index is 1.60. The molecule has 19 heavy (non-hydrogen) atoms. The molecule has 2 saturated carbocycles. The Morgan fingerprint density at radius 3 is 2.47 bits per heavy atom. The largest absolute Gasteiger partial charge is 0.310 e. The molecule has 0 amide bonds. The van der Waals surface area contributed by atoms with Crippen LogP contribution in [0.15, 0.2) is 24.3 Å². The molecular formula is C17H26N2. The molecule has 2 aliphatic carbocycles. The van der Waals surface area contributed by atoms with Crippen molar-refractivity contribution in [2.24, 2.45) is 5.92 Å². The summed E-state index contributed by atoms with van der Waals surface area (Å²) in [4.78, 5) is 2.60. The number of rotatable bonds is 8. The molecule has 0 unspecified atom stereocenters. The van der Waals surface area contributed by atoms with Gasteiger partial charge in [0.15, 0.2) is 0 Å². The molecule has 0 aliphatic heterocycles. The molecule has 0 bridgehead atoms. The highest BCUT2D eigenvalue weighted by Gasteiger charge is 2.24. The van der Waals surface area contributed by atoms with Crippen molar-refractivity contribution in [1.82, 2.24) is 10.2 Å². The zero-order chi connectivity index (χ0) is 13.1. The summed E-state index contributed by atoms with van der Waals surface area (Å²) in [7, 11) is 0. The topological polar surface area (TPSA) is 15.3 Å². The maximum atomic E-state index is 3.64. The van der Waals surface area contributed by atoms with Crippen molar-refractivity contribution in [2.75, 3.05) is 13.1 Å². The highest BCUT2D eigenvalue weighted by atomic mass is 15.1. The van der Waals surface area contributed by atoms with Gasteiger partial charge < -0.3 is 5.32 Å². The summed E-state index contributed by atoms with van der Waals surface area (Å²) >= 11 is 0. The highest BCUT2D eigenvalue weighted by Crippen LogP contribution is 2.30. The average Bonchev–Trinajstić information content (AvgIpc) is 3.31. The molecule has 2 heteroatoms. The third kappa shape index (κ3) is 4.05. The van der Waals surface area contributed by atoms with Crippen molar-refractivity contribution in [3.8, 4) is 0 Å². The fourth-order valence-electron chi connectivity index (χ4n) is 2.64. The number of hydrogen-bond acceptors (Lipinski definition) is 2. The third-order valence-corrected chi connectivity index (χ3v) is 4.33. The van der Waals surface area contributed by atoms with Gasteiger partial charge in [-0.3, -0.25) is 4.90 Å². The minimum absolute atomic E-state index is 0.793. The van der Waals surface area contributed by atoms with Crippen LogP contribution in [0.25, 0.3) is 0 Å². The molecule has 104 valence electrons. The van der Waals surface area contributed by atoms with Gasteiger partial charge >= 0.3 is 0 Å². The van der Waals surface area contributed by atoms with Crippen molar-refractivity contribution in [2.45, 2.75) is 51.7 Å². The predicted octanol–water partition coefficient (Wildman–Crippen LogP) is 3.17. The molecule has 2 aliphatic rings. The smallest absolute Gasteiger partial charge is 0.0236 e. The van der Waals surface area contributed by atoms with E-state index in [1.807, 2.05) is 0 Å². The summed E-state index contributed by atoms with van der Waals surface area (Å²) in [6, 6.07) is 9.74. The fraction of sp³-hybridized carbons (Fsp3) is 0.647. The van der Waals surface area contributed by atoms with Gasteiger partial charge in [-0.25, -0.2) is 0 Å². The second-order valence-electron chi connectivity index (χ2n) is 6.19. The van der Waals surface area contributed by atoms with Gasteiger partial charge in [-0.05, 0) is 49.3 Å². The summed E-state index contributed by atoms with van der Waals surface area (Å²) in [5, 5.41) is 3.64. The minimum atomic E-state index is 0.793. The Labute approximate surface area is 117 Å². The Morgan fingerprint density at radius 2 is 1.84 bits per heavy atom. The first-order valence-corrected chi connectivity index (χ1v) is 7.87. The molecule has 0 saturated heterocycles. The summed E-state index contributed by atoms with van der Waals surface area (Å²) < 4.78 is 0. The number of nitrogens with one attached hydrogen (secondary N) is 1. The zero-order valence-electron chi connectivity index (χ0n) is 12.1. The van der Waals surface area contributed by atoms with Gasteiger partial charge in [0.1, 0.15) is 0 Å². The SMILES string of the molecule is CCN(Cc1ccccc1CNC1CC1)CC1CC1. The lowest BCUT2D eigenvalue weighted by molar-refractivity contribution is 0.267. The van der Waals surface area contributed by atoms with Gasteiger partial charge in [0.25, 0.3) is 0 Å². The number of nitrogens with zero attached hydrogens (tertiary/aromatic N) is 1. The molecular weight excluding hydrogens is 232 g/mol. The molecule has 1 N–H and O–H groups in total. The van der Waals surface area contributed by atoms with E-state index < -0.39 is 0 Å². The van der Waals surface area contributed by atoms with Gasteiger partial charge in [0, 0.05) is 25.7 Å². The van der Waals surface area contributed by atoms with E-state index in [1.165, 1.54) is 49.9 Å². The van der Waals surface area contributed by atoms with Gasteiger partial charge in [-0.2, -0.15) is 0 Å². The molecule has 0 radical (unpaired) electrons. The highest BCUT2D eigenvalue weighted by molar-refractivity contribution is 5.27. The Kier molecular flexibility index (Phi) is 4.19. The standard InChI is InChI=1S/C17H26N2/c1-2-19(12-14-7-8-14)13-16-6-4-3-5-15(16)11-18-17-9-10-17/h3-6,14,17-18H,2,7-13H2,1H3. The first kappa shape index (κ1) is 13.1. The lowest BCUT2D eigenvalue weighted by atomic mass is 10.1. The van der Waals surface area contributed by atoms with E-state index in [4.69, 9.17) is 0 Å². The van der Waals surface area contributed by atoms with Crippen LogP contribution in [0.3, 0.4) is 0 Å². The monoisotopic (exact) mass is 258 g/mol. The molecule has 1 aromatic rings. The molecule has 2 fully saturated rings. The summed E-state index contributed by atoms with van der Waals surface area (Å²) in [6.45, 7) is 6.91. The van der Waals surface area contributed by atoms with Crippen LogP contribution >= 0.6 is 0 Å². The van der Waals surface area contributed by atoms with Crippen LogP contribution in [0.4, 0.5) is 0 Å². The van der Waals surface area contributed by atoms with Crippen molar-refractivity contribution in [3.05, 3.63) is 35.4 Å². The molecule has 3 rings (SSSR count). The van der Waals surface area contributed by atoms with Crippen LogP contribution in [0.2, 0.25) is 0 Å². The summed E-state index contributed by atoms with van der Waals surface area (Å²) in [6.07, 6.45) is 5.62. The minimum Gasteiger partial charge on any atom is -0.310 e. The predicted molar refractivity (Wildman–Crippen MR) is 80.0 cm³/mol. The van der Waals surface area contributed by atoms with Crippen molar-refractivity contribution >= 4 is 0 Å². The van der Waals surface area contributed by atoms with E-state index in [0.29, 0.717) is 0 Å². The second-order valence-corrected chi connectivity index (χ2v) is 6.19. The Hall–Kier alpha value is -0.860. The number of benzene rings is 1. The van der Waals surface area contributed by atoms with Crippen molar-refractivity contribution in [1.29, 1.82) is 0 Å². The van der Waals surface area contributed by atoms with Crippen LogP contribution in [0.5, 0.6) is 0 Å². The Bertz CT molecular complexity index is 407. The van der Waals surface area contributed by atoms with Crippen LogP contribution in [-0.4, -0.2) is 24.0 Å². The van der Waals surface area contributed by atoms with Gasteiger partial charge in [-0.15, -0.1) is 0 Å². The van der Waals surface area contributed by atoms with E-state index in [0.717, 1.165) is 25.0 Å². The third-order valence-electron chi connectivity index (χ3n) is 4.33. The molecule has 0 atom stereocenters. The van der Waals surface area contributed by atoms with Gasteiger partial charge in [-0.1, -0.05) is 31.2 Å². The normalized spacial score (nSPS) is 19.1. The molecule has 1 aromatic carbocycles. The van der Waals surface area contributed by atoms with E-state index in [2.05, 4.69) is 41.4 Å². The first-order valence-electron chi connectivity index (χ1n) is 7.87. The molecule has 2 nitrogen and oxygen atoms in total. The van der Waals surface area contributed by atoms with Gasteiger partial charge in [0.05, 0.1) is 0 Å². The lowest BCUT2D eigenvalue weighted by Crippen LogP contribution is -2.26. The average molecular weight is 258 g/mol.